The lowest BCUT2D eigenvalue weighted by Gasteiger charge is -2.18. The van der Waals surface area contributed by atoms with Gasteiger partial charge >= 0.3 is 17.9 Å². The van der Waals surface area contributed by atoms with Crippen molar-refractivity contribution in [2.45, 2.75) is 181 Å². The minimum absolute atomic E-state index is 0.116. The summed E-state index contributed by atoms with van der Waals surface area (Å²) in [5, 5.41) is 0. The van der Waals surface area contributed by atoms with Gasteiger partial charge in [0, 0.05) is 19.3 Å². The van der Waals surface area contributed by atoms with E-state index < -0.39 is 6.10 Å². The monoisotopic (exact) mass is 763 g/mol. The van der Waals surface area contributed by atoms with Gasteiger partial charge in [-0.2, -0.15) is 0 Å². The van der Waals surface area contributed by atoms with Crippen molar-refractivity contribution in [3.05, 3.63) is 97.2 Å². The van der Waals surface area contributed by atoms with Crippen molar-refractivity contribution in [2.75, 3.05) is 13.2 Å². The summed E-state index contributed by atoms with van der Waals surface area (Å²) in [6.45, 7) is 6.24. The van der Waals surface area contributed by atoms with Gasteiger partial charge in [0.25, 0.3) is 0 Å². The second-order valence-electron chi connectivity index (χ2n) is 13.8. The SMILES string of the molecule is CC/C=C\C/C=C\C/C=C\C/C=C\CCCCCC(=O)OCC(COC(=O)CCCCCC/C=C\CCCC)OC(=O)CCC/C=C\C/C=C\C/C=C\CC. The van der Waals surface area contributed by atoms with Crippen LogP contribution in [0.2, 0.25) is 0 Å². The van der Waals surface area contributed by atoms with E-state index in [1.165, 1.54) is 12.8 Å². The molecule has 0 rings (SSSR count). The van der Waals surface area contributed by atoms with E-state index in [0.717, 1.165) is 116 Å². The lowest BCUT2D eigenvalue weighted by molar-refractivity contribution is -0.167. The van der Waals surface area contributed by atoms with Gasteiger partial charge in [0.15, 0.2) is 6.10 Å². The molecule has 0 amide bonds. The highest BCUT2D eigenvalue weighted by Gasteiger charge is 2.19. The third kappa shape index (κ3) is 41.3. The van der Waals surface area contributed by atoms with Crippen LogP contribution < -0.4 is 0 Å². The number of hydrogen-bond acceptors (Lipinski definition) is 6. The van der Waals surface area contributed by atoms with Crippen LogP contribution in [-0.4, -0.2) is 37.2 Å². The average molecular weight is 763 g/mol. The normalized spacial score (nSPS) is 13.0. The molecule has 0 saturated carbocycles. The lowest BCUT2D eigenvalue weighted by Crippen LogP contribution is -2.30. The molecule has 0 bridgehead atoms. The average Bonchev–Trinajstić information content (AvgIpc) is 3.18. The molecule has 1 unspecified atom stereocenters. The fourth-order valence-electron chi connectivity index (χ4n) is 5.32. The van der Waals surface area contributed by atoms with Crippen molar-refractivity contribution in [3.8, 4) is 0 Å². The Labute approximate surface area is 337 Å². The standard InChI is InChI=1S/C49H78O6/c1-4-7-10-13-16-19-22-23-24-25-26-28-30-33-36-39-42-48(51)54-45-46(44-53-47(50)41-38-35-32-29-21-18-15-12-9-6-3)55-49(52)43-40-37-34-31-27-20-17-14-11-8-5-2/h7-8,10-11,15-20,23-24,26,28,31,34,46H,4-6,9,12-14,21-22,25,27,29-30,32-33,35-45H2,1-3H3/b10-7-,11-8-,18-15-,19-16-,20-17-,24-23-,28-26-,34-31-. The van der Waals surface area contributed by atoms with Gasteiger partial charge in [0.1, 0.15) is 13.2 Å². The molecule has 0 aliphatic carbocycles. The van der Waals surface area contributed by atoms with E-state index in [-0.39, 0.29) is 37.5 Å². The molecule has 310 valence electrons. The van der Waals surface area contributed by atoms with Crippen LogP contribution in [0.15, 0.2) is 97.2 Å². The van der Waals surface area contributed by atoms with Crippen molar-refractivity contribution in [2.24, 2.45) is 0 Å². The Balaban J connectivity index is 4.51. The molecule has 0 fully saturated rings. The van der Waals surface area contributed by atoms with Crippen molar-refractivity contribution in [3.63, 3.8) is 0 Å². The third-order valence-electron chi connectivity index (χ3n) is 8.55. The Kier molecular flexibility index (Phi) is 40.2. The largest absolute Gasteiger partial charge is 0.462 e. The summed E-state index contributed by atoms with van der Waals surface area (Å²) in [7, 11) is 0. The highest BCUT2D eigenvalue weighted by atomic mass is 16.6. The zero-order chi connectivity index (χ0) is 40.1. The Morgan fingerprint density at radius 2 is 0.727 bits per heavy atom. The topological polar surface area (TPSA) is 78.9 Å². The molecular weight excluding hydrogens is 685 g/mol. The highest BCUT2D eigenvalue weighted by molar-refractivity contribution is 5.71. The predicted octanol–water partition coefficient (Wildman–Crippen LogP) is 13.9. The van der Waals surface area contributed by atoms with Crippen molar-refractivity contribution >= 4 is 17.9 Å². The Morgan fingerprint density at radius 1 is 0.382 bits per heavy atom. The molecule has 0 N–H and O–H groups in total. The second kappa shape index (κ2) is 43.1. The fraction of sp³-hybridized carbons (Fsp3) is 0.612. The lowest BCUT2D eigenvalue weighted by atomic mass is 10.1. The predicted molar refractivity (Wildman–Crippen MR) is 233 cm³/mol. The zero-order valence-electron chi connectivity index (χ0n) is 35.1. The van der Waals surface area contributed by atoms with Crippen LogP contribution in [0.25, 0.3) is 0 Å². The molecule has 1 atom stereocenters. The molecule has 0 aromatic heterocycles. The molecule has 0 spiro atoms. The van der Waals surface area contributed by atoms with E-state index in [2.05, 4.69) is 118 Å². The van der Waals surface area contributed by atoms with E-state index in [1.807, 2.05) is 0 Å². The van der Waals surface area contributed by atoms with E-state index >= 15 is 0 Å². The Morgan fingerprint density at radius 3 is 1.18 bits per heavy atom. The summed E-state index contributed by atoms with van der Waals surface area (Å²) in [6.07, 6.45) is 55.5. The van der Waals surface area contributed by atoms with Crippen LogP contribution in [-0.2, 0) is 28.6 Å². The van der Waals surface area contributed by atoms with Crippen LogP contribution in [0.1, 0.15) is 175 Å². The number of unbranched alkanes of at least 4 members (excludes halogenated alkanes) is 10. The summed E-state index contributed by atoms with van der Waals surface area (Å²) in [5.41, 5.74) is 0. The highest BCUT2D eigenvalue weighted by Crippen LogP contribution is 2.11. The summed E-state index contributed by atoms with van der Waals surface area (Å²) in [4.78, 5) is 37.6. The van der Waals surface area contributed by atoms with Crippen LogP contribution in [0, 0.1) is 0 Å². The molecule has 6 heteroatoms. The number of allylic oxidation sites excluding steroid dienone is 16. The minimum Gasteiger partial charge on any atom is -0.462 e. The van der Waals surface area contributed by atoms with Crippen LogP contribution in [0.3, 0.4) is 0 Å². The molecule has 0 saturated heterocycles. The molecule has 6 nitrogen and oxygen atoms in total. The third-order valence-corrected chi connectivity index (χ3v) is 8.55. The molecular formula is C49H78O6. The summed E-state index contributed by atoms with van der Waals surface area (Å²) in [5.74, 6) is -1.03. The van der Waals surface area contributed by atoms with E-state index in [4.69, 9.17) is 14.2 Å². The zero-order valence-corrected chi connectivity index (χ0v) is 35.1. The van der Waals surface area contributed by atoms with Gasteiger partial charge in [-0.25, -0.2) is 0 Å². The van der Waals surface area contributed by atoms with Crippen LogP contribution in [0.4, 0.5) is 0 Å². The van der Waals surface area contributed by atoms with E-state index in [1.54, 1.807) is 0 Å². The maximum Gasteiger partial charge on any atom is 0.306 e. The van der Waals surface area contributed by atoms with Crippen LogP contribution >= 0.6 is 0 Å². The minimum atomic E-state index is -0.819. The molecule has 0 radical (unpaired) electrons. The number of rotatable bonds is 37. The number of esters is 3. The Bertz CT molecular complexity index is 1150. The van der Waals surface area contributed by atoms with Gasteiger partial charge in [0.05, 0.1) is 0 Å². The number of carbonyl (C=O) groups is 3. The van der Waals surface area contributed by atoms with Gasteiger partial charge < -0.3 is 14.2 Å². The van der Waals surface area contributed by atoms with E-state index in [9.17, 15) is 14.4 Å². The van der Waals surface area contributed by atoms with Crippen molar-refractivity contribution in [1.29, 1.82) is 0 Å². The van der Waals surface area contributed by atoms with Crippen LogP contribution in [0.5, 0.6) is 0 Å². The number of hydrogen-bond donors (Lipinski definition) is 0. The number of carbonyl (C=O) groups excluding carboxylic acids is 3. The molecule has 0 heterocycles. The smallest absolute Gasteiger partial charge is 0.306 e. The molecule has 0 aliphatic rings. The van der Waals surface area contributed by atoms with Crippen molar-refractivity contribution < 1.29 is 28.6 Å². The van der Waals surface area contributed by atoms with Gasteiger partial charge in [-0.3, -0.25) is 14.4 Å². The van der Waals surface area contributed by atoms with Gasteiger partial charge in [0.2, 0.25) is 0 Å². The first-order valence-electron chi connectivity index (χ1n) is 21.7. The van der Waals surface area contributed by atoms with Gasteiger partial charge in [-0.1, -0.05) is 150 Å². The summed E-state index contributed by atoms with van der Waals surface area (Å²) < 4.78 is 16.6. The van der Waals surface area contributed by atoms with Gasteiger partial charge in [-0.15, -0.1) is 0 Å². The fourth-order valence-corrected chi connectivity index (χ4v) is 5.32. The first-order chi connectivity index (χ1) is 27.0. The van der Waals surface area contributed by atoms with Gasteiger partial charge in [-0.05, 0) is 103 Å². The second-order valence-corrected chi connectivity index (χ2v) is 13.8. The molecule has 0 aromatic carbocycles. The summed E-state index contributed by atoms with van der Waals surface area (Å²) >= 11 is 0. The molecule has 0 aromatic rings. The first kappa shape index (κ1) is 51.3. The Hall–Kier alpha value is -3.67. The first-order valence-corrected chi connectivity index (χ1v) is 21.7. The maximum absolute atomic E-state index is 12.6. The molecule has 0 aliphatic heterocycles. The number of ether oxygens (including phenoxy) is 3. The quantitative estimate of drug-likeness (QED) is 0.0271. The molecule has 55 heavy (non-hydrogen) atoms. The maximum atomic E-state index is 12.6. The summed E-state index contributed by atoms with van der Waals surface area (Å²) in [6, 6.07) is 0. The van der Waals surface area contributed by atoms with E-state index in [0.29, 0.717) is 19.3 Å². The van der Waals surface area contributed by atoms with Crippen molar-refractivity contribution in [1.82, 2.24) is 0 Å².